The maximum Gasteiger partial charge on any atom is 0.261 e. The summed E-state index contributed by atoms with van der Waals surface area (Å²) in [5, 5.41) is 10.8. The molecule has 1 unspecified atom stereocenters. The van der Waals surface area contributed by atoms with Crippen molar-refractivity contribution in [1.82, 2.24) is 9.80 Å². The number of likely N-dealkylation sites (tertiary alicyclic amines) is 1. The number of aryl methyl sites for hydroxylation is 1. The molecule has 3 aromatic carbocycles. The van der Waals surface area contributed by atoms with E-state index in [0.717, 1.165) is 41.8 Å². The van der Waals surface area contributed by atoms with Gasteiger partial charge in [-0.1, -0.05) is 42.5 Å². The molecule has 1 saturated heterocycles. The summed E-state index contributed by atoms with van der Waals surface area (Å²) in [7, 11) is 0. The van der Waals surface area contributed by atoms with Gasteiger partial charge in [0, 0.05) is 50.8 Å². The quantitative estimate of drug-likeness (QED) is 0.435. The minimum absolute atomic E-state index is 0.0764. The minimum atomic E-state index is -0.260. The average molecular weight is 526 g/mol. The number of hydrogen-bond acceptors (Lipinski definition) is 5. The molecule has 2 heterocycles. The predicted octanol–water partition coefficient (Wildman–Crippen LogP) is 5.44. The molecule has 0 saturated carbocycles. The lowest BCUT2D eigenvalue weighted by Gasteiger charge is -2.31. The first-order valence-electron chi connectivity index (χ1n) is 13.6. The number of carbonyl (C=O) groups excluding carboxylic acids is 2. The molecule has 2 aliphatic heterocycles. The number of rotatable bonds is 6. The number of amides is 2. The molecule has 0 bridgehead atoms. The van der Waals surface area contributed by atoms with Gasteiger partial charge in [-0.05, 0) is 61.1 Å². The molecule has 0 aromatic heterocycles. The van der Waals surface area contributed by atoms with Crippen LogP contribution in [0.15, 0.2) is 65.7 Å². The van der Waals surface area contributed by atoms with Crippen LogP contribution in [0.5, 0.6) is 11.5 Å². The summed E-state index contributed by atoms with van der Waals surface area (Å²) in [5.74, 6) is 0.363. The lowest BCUT2D eigenvalue weighted by molar-refractivity contribution is -0.130. The van der Waals surface area contributed by atoms with Crippen molar-refractivity contribution in [3.8, 4) is 11.5 Å². The molecule has 2 amide bonds. The van der Waals surface area contributed by atoms with Crippen LogP contribution in [0.3, 0.4) is 0 Å². The molecule has 39 heavy (non-hydrogen) atoms. The van der Waals surface area contributed by atoms with Crippen molar-refractivity contribution in [1.29, 1.82) is 0 Å². The van der Waals surface area contributed by atoms with Gasteiger partial charge in [-0.3, -0.25) is 14.6 Å². The second kappa shape index (κ2) is 11.7. The Hall–Kier alpha value is -4.13. The number of aromatic hydroxyl groups is 1. The van der Waals surface area contributed by atoms with Crippen LogP contribution in [0.4, 0.5) is 5.69 Å². The van der Waals surface area contributed by atoms with Crippen molar-refractivity contribution in [3.63, 3.8) is 0 Å². The topological polar surface area (TPSA) is 82.4 Å². The summed E-state index contributed by atoms with van der Waals surface area (Å²) in [6.45, 7) is 6.22. The molecule has 0 radical (unpaired) electrons. The largest absolute Gasteiger partial charge is 0.507 e. The Morgan fingerprint density at radius 1 is 1.08 bits per heavy atom. The fraction of sp³-hybridized carbons (Fsp3) is 0.344. The van der Waals surface area contributed by atoms with Gasteiger partial charge in [0.25, 0.3) is 5.91 Å². The van der Waals surface area contributed by atoms with Gasteiger partial charge >= 0.3 is 0 Å². The maximum atomic E-state index is 13.8. The van der Waals surface area contributed by atoms with Crippen LogP contribution in [0.2, 0.25) is 0 Å². The third-order valence-electron chi connectivity index (χ3n) is 7.54. The molecule has 0 spiro atoms. The number of phenolic OH excluding ortho intramolecular Hbond substituents is 1. The Labute approximate surface area is 229 Å². The number of fused-ring (bicyclic) bond motifs is 1. The molecule has 1 fully saturated rings. The van der Waals surface area contributed by atoms with Gasteiger partial charge in [-0.2, -0.15) is 0 Å². The van der Waals surface area contributed by atoms with Gasteiger partial charge in [-0.15, -0.1) is 0 Å². The highest BCUT2D eigenvalue weighted by molar-refractivity contribution is 6.00. The second-order valence-electron chi connectivity index (χ2n) is 10.5. The minimum Gasteiger partial charge on any atom is -0.507 e. The average Bonchev–Trinajstić information content (AvgIpc) is 2.94. The van der Waals surface area contributed by atoms with Crippen molar-refractivity contribution in [2.45, 2.75) is 46.3 Å². The number of nitrogens with zero attached hydrogens (tertiary/aromatic N) is 3. The monoisotopic (exact) mass is 525 g/mol. The van der Waals surface area contributed by atoms with Crippen LogP contribution in [-0.4, -0.2) is 52.6 Å². The van der Waals surface area contributed by atoms with Gasteiger partial charge < -0.3 is 19.6 Å². The summed E-state index contributed by atoms with van der Waals surface area (Å²) in [6.07, 6.45) is 4.65. The molecular weight excluding hydrogens is 490 g/mol. The number of ether oxygens (including phenoxy) is 1. The Bertz CT molecular complexity index is 1390. The Balaban J connectivity index is 1.36. The zero-order chi connectivity index (χ0) is 27.4. The van der Waals surface area contributed by atoms with Crippen molar-refractivity contribution in [2.75, 3.05) is 19.6 Å². The van der Waals surface area contributed by atoms with Gasteiger partial charge in [0.05, 0.1) is 5.69 Å². The molecule has 1 atom stereocenters. The van der Waals surface area contributed by atoms with E-state index in [1.54, 1.807) is 24.0 Å². The molecule has 7 nitrogen and oxygen atoms in total. The SMILES string of the molecule is CC(=O)N1CCCC(C=Nc2cccc3c2CN(C(=O)c2c(O)cc(C)cc2OCc2ccccc2)CC3)C1. The van der Waals surface area contributed by atoms with Crippen molar-refractivity contribution < 1.29 is 19.4 Å². The van der Waals surface area contributed by atoms with Crippen molar-refractivity contribution in [3.05, 3.63) is 88.5 Å². The first-order chi connectivity index (χ1) is 18.9. The zero-order valence-corrected chi connectivity index (χ0v) is 22.6. The number of hydrogen-bond donors (Lipinski definition) is 1. The fourth-order valence-corrected chi connectivity index (χ4v) is 5.42. The van der Waals surface area contributed by atoms with Gasteiger partial charge in [-0.25, -0.2) is 0 Å². The van der Waals surface area contributed by atoms with Crippen LogP contribution < -0.4 is 4.74 Å². The number of benzene rings is 3. The Morgan fingerprint density at radius 3 is 2.69 bits per heavy atom. The highest BCUT2D eigenvalue weighted by Gasteiger charge is 2.28. The summed E-state index contributed by atoms with van der Waals surface area (Å²) < 4.78 is 6.06. The molecule has 5 rings (SSSR count). The molecule has 2 aliphatic rings. The van der Waals surface area contributed by atoms with E-state index in [0.29, 0.717) is 38.4 Å². The van der Waals surface area contributed by atoms with E-state index in [1.807, 2.05) is 60.5 Å². The molecule has 1 N–H and O–H groups in total. The van der Waals surface area contributed by atoms with E-state index in [-0.39, 0.29) is 29.0 Å². The van der Waals surface area contributed by atoms with E-state index in [2.05, 4.69) is 6.07 Å². The smallest absolute Gasteiger partial charge is 0.261 e. The van der Waals surface area contributed by atoms with Crippen LogP contribution in [0.1, 0.15) is 52.4 Å². The van der Waals surface area contributed by atoms with Crippen LogP contribution in [0, 0.1) is 12.8 Å². The van der Waals surface area contributed by atoms with E-state index in [1.165, 1.54) is 5.56 Å². The maximum absolute atomic E-state index is 13.8. The Kier molecular flexibility index (Phi) is 7.96. The third kappa shape index (κ3) is 6.14. The third-order valence-corrected chi connectivity index (χ3v) is 7.54. The van der Waals surface area contributed by atoms with Crippen LogP contribution in [0.25, 0.3) is 0 Å². The number of phenols is 1. The van der Waals surface area contributed by atoms with Gasteiger partial charge in [0.2, 0.25) is 5.91 Å². The molecular formula is C32H35N3O4. The van der Waals surface area contributed by atoms with Gasteiger partial charge in [0.15, 0.2) is 0 Å². The van der Waals surface area contributed by atoms with Crippen molar-refractivity contribution >= 4 is 23.7 Å². The van der Waals surface area contributed by atoms with E-state index in [9.17, 15) is 14.7 Å². The van der Waals surface area contributed by atoms with Crippen molar-refractivity contribution in [2.24, 2.45) is 10.9 Å². The lowest BCUT2D eigenvalue weighted by atomic mass is 9.96. The standard InChI is InChI=1S/C32H35N3O4/c1-22-16-29(37)31(30(17-22)39-21-24-8-4-3-5-9-24)32(38)35-15-13-26-11-6-12-28(27(26)20-35)33-18-25-10-7-14-34(19-25)23(2)36/h3-6,8-9,11-12,16-18,25,37H,7,10,13-15,19-21H2,1-2H3. The summed E-state index contributed by atoms with van der Waals surface area (Å²) >= 11 is 0. The molecule has 7 heteroatoms. The molecule has 0 aliphatic carbocycles. The highest BCUT2D eigenvalue weighted by atomic mass is 16.5. The molecule has 3 aromatic rings. The number of piperidine rings is 1. The van der Waals surface area contributed by atoms with Crippen LogP contribution >= 0.6 is 0 Å². The normalized spacial score (nSPS) is 17.2. The van der Waals surface area contributed by atoms with Crippen LogP contribution in [-0.2, 0) is 24.4 Å². The van der Waals surface area contributed by atoms with E-state index in [4.69, 9.17) is 9.73 Å². The van der Waals surface area contributed by atoms with E-state index < -0.39 is 0 Å². The summed E-state index contributed by atoms with van der Waals surface area (Å²) in [6, 6.07) is 19.2. The predicted molar refractivity (Wildman–Crippen MR) is 152 cm³/mol. The fourth-order valence-electron chi connectivity index (χ4n) is 5.42. The summed E-state index contributed by atoms with van der Waals surface area (Å²) in [5.41, 5.74) is 5.03. The molecule has 202 valence electrons. The second-order valence-corrected chi connectivity index (χ2v) is 10.5. The van der Waals surface area contributed by atoms with Gasteiger partial charge in [0.1, 0.15) is 23.7 Å². The lowest BCUT2D eigenvalue weighted by Crippen LogP contribution is -2.39. The zero-order valence-electron chi connectivity index (χ0n) is 22.6. The highest BCUT2D eigenvalue weighted by Crippen LogP contribution is 2.35. The number of aliphatic imine (C=N–C) groups is 1. The first-order valence-corrected chi connectivity index (χ1v) is 13.6. The van der Waals surface area contributed by atoms with E-state index >= 15 is 0 Å². The Morgan fingerprint density at radius 2 is 1.90 bits per heavy atom. The first kappa shape index (κ1) is 26.5. The number of carbonyl (C=O) groups is 2. The summed E-state index contributed by atoms with van der Waals surface area (Å²) in [4.78, 5) is 34.1.